The predicted molar refractivity (Wildman–Crippen MR) is 60.6 cm³/mol. The van der Waals surface area contributed by atoms with Gasteiger partial charge in [-0.3, -0.25) is 9.48 Å². The average molecular weight is 222 g/mol. The Balaban J connectivity index is 2.38. The number of likely N-dealkylation sites (tertiary alicyclic amines) is 1. The molecular formula is C11H18N4O. The smallest absolute Gasteiger partial charge is 0.223 e. The van der Waals surface area contributed by atoms with E-state index in [1.54, 1.807) is 4.90 Å². The van der Waals surface area contributed by atoms with Crippen LogP contribution in [0.3, 0.4) is 0 Å². The van der Waals surface area contributed by atoms with Crippen molar-refractivity contribution in [2.45, 2.75) is 19.4 Å². The Morgan fingerprint density at radius 1 is 1.56 bits per heavy atom. The van der Waals surface area contributed by atoms with E-state index < -0.39 is 0 Å². The number of nitrogens with two attached hydrogens (primary N) is 1. The predicted octanol–water partition coefficient (Wildman–Crippen LogP) is 0.207. The van der Waals surface area contributed by atoms with Crippen LogP contribution >= 0.6 is 0 Å². The lowest BCUT2D eigenvalue weighted by molar-refractivity contribution is -0.127. The molecular weight excluding hydrogens is 204 g/mol. The van der Waals surface area contributed by atoms with Crippen LogP contribution in [0.1, 0.15) is 23.7 Å². The molecule has 0 unspecified atom stereocenters. The number of rotatable bonds is 2. The van der Waals surface area contributed by atoms with Crippen molar-refractivity contribution in [1.82, 2.24) is 14.7 Å². The van der Waals surface area contributed by atoms with E-state index in [2.05, 4.69) is 5.10 Å². The molecule has 0 spiro atoms. The zero-order valence-electron chi connectivity index (χ0n) is 9.97. The van der Waals surface area contributed by atoms with Gasteiger partial charge in [0.05, 0.1) is 12.2 Å². The van der Waals surface area contributed by atoms with E-state index in [9.17, 15) is 4.79 Å². The molecule has 0 aromatic carbocycles. The van der Waals surface area contributed by atoms with Gasteiger partial charge in [-0.2, -0.15) is 5.10 Å². The fourth-order valence-corrected chi connectivity index (χ4v) is 2.43. The van der Waals surface area contributed by atoms with Crippen molar-refractivity contribution >= 4 is 5.91 Å². The molecule has 2 N–H and O–H groups in total. The summed E-state index contributed by atoms with van der Waals surface area (Å²) in [6.45, 7) is 2.56. The highest BCUT2D eigenvalue weighted by molar-refractivity contribution is 5.79. The number of aryl methyl sites for hydroxylation is 1. The summed E-state index contributed by atoms with van der Waals surface area (Å²) in [5.74, 6) is 0.379. The lowest BCUT2D eigenvalue weighted by atomic mass is 9.94. The quantitative estimate of drug-likeness (QED) is 0.777. The van der Waals surface area contributed by atoms with Crippen LogP contribution in [0, 0.1) is 12.8 Å². The zero-order chi connectivity index (χ0) is 11.9. The first kappa shape index (κ1) is 11.1. The van der Waals surface area contributed by atoms with Crippen LogP contribution in [0.2, 0.25) is 0 Å². The highest BCUT2D eigenvalue weighted by Crippen LogP contribution is 2.37. The summed E-state index contributed by atoms with van der Waals surface area (Å²) in [5, 5.41) is 4.23. The molecule has 0 radical (unpaired) electrons. The van der Waals surface area contributed by atoms with Crippen LogP contribution in [0.15, 0.2) is 6.20 Å². The molecule has 5 heteroatoms. The molecule has 88 valence electrons. The Kier molecular flexibility index (Phi) is 2.71. The number of amides is 1. The van der Waals surface area contributed by atoms with Gasteiger partial charge in [0, 0.05) is 37.7 Å². The molecule has 1 aliphatic rings. The minimum Gasteiger partial charge on any atom is -0.338 e. The normalized spacial score (nSPS) is 25.5. The topological polar surface area (TPSA) is 64.2 Å². The molecule has 0 aliphatic carbocycles. The molecule has 2 atom stereocenters. The number of hydrogen-bond donors (Lipinski definition) is 1. The maximum Gasteiger partial charge on any atom is 0.223 e. The van der Waals surface area contributed by atoms with Gasteiger partial charge in [0.2, 0.25) is 5.91 Å². The minimum absolute atomic E-state index is 0.0891. The number of carbonyl (C=O) groups excluding carboxylic acids is 1. The number of carbonyl (C=O) groups is 1. The maximum absolute atomic E-state index is 11.7. The number of aromatic nitrogens is 2. The van der Waals surface area contributed by atoms with Crippen LogP contribution in [0.25, 0.3) is 0 Å². The van der Waals surface area contributed by atoms with Crippen LogP contribution in [-0.2, 0) is 11.8 Å². The van der Waals surface area contributed by atoms with Crippen molar-refractivity contribution in [3.05, 3.63) is 17.5 Å². The first-order valence-corrected chi connectivity index (χ1v) is 5.50. The maximum atomic E-state index is 11.7. The summed E-state index contributed by atoms with van der Waals surface area (Å²) in [6.07, 6.45) is 2.39. The molecule has 0 saturated carbocycles. The van der Waals surface area contributed by atoms with Crippen LogP contribution in [-0.4, -0.2) is 34.2 Å². The second kappa shape index (κ2) is 3.90. The fraction of sp³-hybridized carbons (Fsp3) is 0.636. The van der Waals surface area contributed by atoms with E-state index in [0.717, 1.165) is 11.3 Å². The molecule has 2 rings (SSSR count). The third kappa shape index (κ3) is 1.51. The first-order chi connectivity index (χ1) is 7.56. The van der Waals surface area contributed by atoms with Gasteiger partial charge in [-0.15, -0.1) is 0 Å². The van der Waals surface area contributed by atoms with E-state index in [4.69, 9.17) is 5.73 Å². The molecule has 1 saturated heterocycles. The van der Waals surface area contributed by atoms with E-state index in [-0.39, 0.29) is 17.9 Å². The van der Waals surface area contributed by atoms with Gasteiger partial charge in [-0.1, -0.05) is 0 Å². The van der Waals surface area contributed by atoms with E-state index in [0.29, 0.717) is 13.0 Å². The minimum atomic E-state index is 0.0891. The largest absolute Gasteiger partial charge is 0.338 e. The summed E-state index contributed by atoms with van der Waals surface area (Å²) < 4.78 is 1.83. The standard InChI is InChI=1S/C11H18N4O/c1-7-9(6-13-15(7)3)11-8(5-12)4-10(16)14(11)2/h6,8,11H,4-5,12H2,1-3H3/t8-,11-/m1/s1. The highest BCUT2D eigenvalue weighted by atomic mass is 16.2. The van der Waals surface area contributed by atoms with Crippen molar-refractivity contribution < 1.29 is 4.79 Å². The van der Waals surface area contributed by atoms with Crippen molar-refractivity contribution in [3.8, 4) is 0 Å². The van der Waals surface area contributed by atoms with Gasteiger partial charge in [-0.25, -0.2) is 0 Å². The second-order valence-corrected chi connectivity index (χ2v) is 4.46. The van der Waals surface area contributed by atoms with Crippen molar-refractivity contribution in [2.24, 2.45) is 18.7 Å². The van der Waals surface area contributed by atoms with Gasteiger partial charge in [-0.05, 0) is 13.5 Å². The van der Waals surface area contributed by atoms with Crippen molar-refractivity contribution in [1.29, 1.82) is 0 Å². The monoisotopic (exact) mass is 222 g/mol. The summed E-state index contributed by atoms with van der Waals surface area (Å²) in [7, 11) is 3.75. The molecule has 2 heterocycles. The first-order valence-electron chi connectivity index (χ1n) is 5.50. The molecule has 1 aromatic heterocycles. The third-order valence-electron chi connectivity index (χ3n) is 3.59. The number of hydrogen-bond acceptors (Lipinski definition) is 3. The molecule has 1 aromatic rings. The fourth-order valence-electron chi connectivity index (χ4n) is 2.43. The van der Waals surface area contributed by atoms with E-state index in [1.807, 2.05) is 31.9 Å². The van der Waals surface area contributed by atoms with Gasteiger partial charge in [0.15, 0.2) is 0 Å². The van der Waals surface area contributed by atoms with Crippen molar-refractivity contribution in [2.75, 3.05) is 13.6 Å². The summed E-state index contributed by atoms with van der Waals surface area (Å²) in [6, 6.07) is 0.0891. The summed E-state index contributed by atoms with van der Waals surface area (Å²) >= 11 is 0. The average Bonchev–Trinajstić information content (AvgIpc) is 2.72. The Hall–Kier alpha value is -1.36. The van der Waals surface area contributed by atoms with Crippen LogP contribution in [0.4, 0.5) is 0 Å². The Labute approximate surface area is 95.2 Å². The summed E-state index contributed by atoms with van der Waals surface area (Å²) in [4.78, 5) is 13.5. The van der Waals surface area contributed by atoms with Gasteiger partial charge >= 0.3 is 0 Å². The van der Waals surface area contributed by atoms with Crippen molar-refractivity contribution in [3.63, 3.8) is 0 Å². The van der Waals surface area contributed by atoms with E-state index >= 15 is 0 Å². The Morgan fingerprint density at radius 2 is 2.25 bits per heavy atom. The van der Waals surface area contributed by atoms with Gasteiger partial charge in [0.25, 0.3) is 0 Å². The van der Waals surface area contributed by atoms with Crippen LogP contribution in [0.5, 0.6) is 0 Å². The van der Waals surface area contributed by atoms with Crippen LogP contribution < -0.4 is 5.73 Å². The molecule has 5 nitrogen and oxygen atoms in total. The van der Waals surface area contributed by atoms with E-state index in [1.165, 1.54) is 0 Å². The molecule has 16 heavy (non-hydrogen) atoms. The molecule has 1 aliphatic heterocycles. The lowest BCUT2D eigenvalue weighted by Crippen LogP contribution is -2.27. The lowest BCUT2D eigenvalue weighted by Gasteiger charge is -2.24. The SMILES string of the molecule is Cc1c([C@H]2[C@@H](CN)CC(=O)N2C)cnn1C. The molecule has 1 amide bonds. The molecule has 0 bridgehead atoms. The second-order valence-electron chi connectivity index (χ2n) is 4.46. The zero-order valence-corrected chi connectivity index (χ0v) is 9.97. The van der Waals surface area contributed by atoms with Gasteiger partial charge in [0.1, 0.15) is 0 Å². The highest BCUT2D eigenvalue weighted by Gasteiger charge is 2.38. The summed E-state index contributed by atoms with van der Waals surface area (Å²) in [5.41, 5.74) is 7.96. The van der Waals surface area contributed by atoms with Gasteiger partial charge < -0.3 is 10.6 Å². The Morgan fingerprint density at radius 3 is 2.75 bits per heavy atom. The number of nitrogens with zero attached hydrogens (tertiary/aromatic N) is 3. The third-order valence-corrected chi connectivity index (χ3v) is 3.59. The molecule has 1 fully saturated rings. The Bertz CT molecular complexity index is 412.